The van der Waals surface area contributed by atoms with Gasteiger partial charge in [-0.15, -0.1) is 0 Å². The minimum atomic E-state index is -0.362. The van der Waals surface area contributed by atoms with Crippen LogP contribution in [0, 0.1) is 0 Å². The number of H-pyrrole nitrogens is 8. The molecule has 472 valence electrons. The molecular formula is C84H96N8. The molecule has 8 heteroatoms. The van der Waals surface area contributed by atoms with Crippen LogP contribution in [0.3, 0.4) is 0 Å². The van der Waals surface area contributed by atoms with Gasteiger partial charge in [0.05, 0.1) is 0 Å². The normalized spacial score (nSPS) is 15.5. The second kappa shape index (κ2) is 21.3. The number of nitrogens with one attached hydrogen (secondary N) is 8. The molecule has 13 rings (SSSR count). The third-order valence-corrected chi connectivity index (χ3v) is 20.6. The van der Waals surface area contributed by atoms with E-state index < -0.39 is 0 Å². The van der Waals surface area contributed by atoms with Crippen LogP contribution in [0.15, 0.2) is 170 Å². The summed E-state index contributed by atoms with van der Waals surface area (Å²) in [6, 6.07) is 64.5. The van der Waals surface area contributed by atoms with E-state index in [0.717, 1.165) is 136 Å². The summed E-state index contributed by atoms with van der Waals surface area (Å²) in [4.78, 5) is 31.5. The average molecular weight is 1220 g/mol. The fraction of sp³-hybridized carbons (Fsp3) is 0.333. The average Bonchev–Trinajstić information content (AvgIpc) is 1.70. The van der Waals surface area contributed by atoms with E-state index in [1.54, 1.807) is 0 Å². The first-order valence-electron chi connectivity index (χ1n) is 33.2. The maximum Gasteiger partial charge on any atom is 0.0456 e. The van der Waals surface area contributed by atoms with Crippen molar-refractivity contribution in [2.24, 2.45) is 0 Å². The van der Waals surface area contributed by atoms with Gasteiger partial charge in [0.25, 0.3) is 0 Å². The molecule has 0 saturated carbocycles. The van der Waals surface area contributed by atoms with Crippen LogP contribution in [-0.4, -0.2) is 39.9 Å². The van der Waals surface area contributed by atoms with Crippen molar-refractivity contribution in [1.29, 1.82) is 0 Å². The van der Waals surface area contributed by atoms with Gasteiger partial charge in [0, 0.05) is 113 Å². The highest BCUT2D eigenvalue weighted by Crippen LogP contribution is 2.44. The Morgan fingerprint density at radius 3 is 0.413 bits per heavy atom. The van der Waals surface area contributed by atoms with Crippen molar-refractivity contribution in [1.82, 2.24) is 39.9 Å². The molecule has 4 aromatic carbocycles. The van der Waals surface area contributed by atoms with Crippen molar-refractivity contribution in [3.05, 3.63) is 238 Å². The number of hydrogen-bond acceptors (Lipinski definition) is 0. The highest BCUT2D eigenvalue weighted by molar-refractivity contribution is 5.77. The van der Waals surface area contributed by atoms with E-state index in [4.69, 9.17) is 0 Å². The van der Waals surface area contributed by atoms with Gasteiger partial charge in [0.15, 0.2) is 0 Å². The molecule has 1 aliphatic heterocycles. The minimum absolute atomic E-state index is 0.0837. The van der Waals surface area contributed by atoms with Gasteiger partial charge in [-0.05, 0) is 314 Å². The van der Waals surface area contributed by atoms with Crippen LogP contribution < -0.4 is 0 Å². The van der Waals surface area contributed by atoms with Crippen LogP contribution in [0.1, 0.15) is 206 Å². The molecule has 12 aromatic rings. The van der Waals surface area contributed by atoms with Crippen LogP contribution in [-0.2, 0) is 43.3 Å². The van der Waals surface area contributed by atoms with Gasteiger partial charge in [-0.2, -0.15) is 0 Å². The molecule has 0 spiro atoms. The first-order valence-corrected chi connectivity index (χ1v) is 33.2. The van der Waals surface area contributed by atoms with Gasteiger partial charge in [-0.1, -0.05) is 83.1 Å². The Hall–Kier alpha value is -8.88. The van der Waals surface area contributed by atoms with Crippen molar-refractivity contribution < 1.29 is 0 Å². The Kier molecular flexibility index (Phi) is 14.4. The molecule has 0 unspecified atom stereocenters. The zero-order valence-corrected chi connectivity index (χ0v) is 58.2. The van der Waals surface area contributed by atoms with Gasteiger partial charge in [0.1, 0.15) is 0 Å². The Morgan fingerprint density at radius 2 is 0.304 bits per heavy atom. The summed E-state index contributed by atoms with van der Waals surface area (Å²) in [5, 5.41) is 0. The number of aromatic nitrogens is 8. The van der Waals surface area contributed by atoms with Crippen LogP contribution in [0.5, 0.6) is 0 Å². The van der Waals surface area contributed by atoms with Gasteiger partial charge < -0.3 is 39.9 Å². The zero-order valence-electron chi connectivity index (χ0n) is 58.2. The molecule has 8 N–H and O–H groups in total. The summed E-state index contributed by atoms with van der Waals surface area (Å²) in [5.74, 6) is 0. The molecule has 24 bridgehead atoms. The second-order valence-electron chi connectivity index (χ2n) is 33.0. The molecule has 92 heavy (non-hydrogen) atoms. The lowest BCUT2D eigenvalue weighted by atomic mass is 9.84. The molecule has 8 nitrogen and oxygen atoms in total. The van der Waals surface area contributed by atoms with E-state index in [1.165, 1.54) is 22.3 Å². The summed E-state index contributed by atoms with van der Waals surface area (Å²) in [7, 11) is 0. The number of aromatic amines is 8. The topological polar surface area (TPSA) is 126 Å². The van der Waals surface area contributed by atoms with Gasteiger partial charge in [-0.3, -0.25) is 0 Å². The maximum absolute atomic E-state index is 3.94. The number of rotatable bonds is 0. The van der Waals surface area contributed by atoms with Crippen LogP contribution >= 0.6 is 0 Å². The maximum atomic E-state index is 3.94. The van der Waals surface area contributed by atoms with Gasteiger partial charge in [0.2, 0.25) is 0 Å². The molecular weight excluding hydrogens is 1120 g/mol. The van der Waals surface area contributed by atoms with Crippen molar-refractivity contribution in [2.75, 3.05) is 0 Å². The van der Waals surface area contributed by atoms with Crippen molar-refractivity contribution in [3.8, 4) is 90.1 Å². The summed E-state index contributed by atoms with van der Waals surface area (Å²) < 4.78 is 0. The summed E-state index contributed by atoms with van der Waals surface area (Å²) in [5.41, 5.74) is 30.5. The predicted molar refractivity (Wildman–Crippen MR) is 387 cm³/mol. The summed E-state index contributed by atoms with van der Waals surface area (Å²) in [6.07, 6.45) is 0. The molecule has 8 aromatic heterocycles. The van der Waals surface area contributed by atoms with E-state index >= 15 is 0 Å². The van der Waals surface area contributed by atoms with Crippen molar-refractivity contribution in [2.45, 2.75) is 182 Å². The van der Waals surface area contributed by atoms with Crippen LogP contribution in [0.25, 0.3) is 90.1 Å². The first kappa shape index (κ1) is 62.0. The van der Waals surface area contributed by atoms with E-state index in [0.29, 0.717) is 0 Å². The van der Waals surface area contributed by atoms with Crippen molar-refractivity contribution in [3.63, 3.8) is 0 Å². The highest BCUT2D eigenvalue weighted by Gasteiger charge is 2.33. The predicted octanol–water partition coefficient (Wildman–Crippen LogP) is 22.5. The number of hydrogen-bond donors (Lipinski definition) is 8. The smallest absolute Gasteiger partial charge is 0.0456 e. The molecule has 0 aliphatic carbocycles. The van der Waals surface area contributed by atoms with Gasteiger partial charge >= 0.3 is 0 Å². The highest BCUT2D eigenvalue weighted by atomic mass is 14.8. The Balaban J connectivity index is 0.929. The van der Waals surface area contributed by atoms with Crippen LogP contribution in [0.4, 0.5) is 0 Å². The lowest BCUT2D eigenvalue weighted by Crippen LogP contribution is -2.20. The van der Waals surface area contributed by atoms with Crippen LogP contribution in [0.2, 0.25) is 0 Å². The minimum Gasteiger partial charge on any atom is -0.358 e. The lowest BCUT2D eigenvalue weighted by Gasteiger charge is -2.24. The fourth-order valence-corrected chi connectivity index (χ4v) is 13.5. The summed E-state index contributed by atoms with van der Waals surface area (Å²) in [6.45, 7) is 46.2. The van der Waals surface area contributed by atoms with E-state index in [2.05, 4.69) is 348 Å². The standard InChI is InChI=1S/C84H96N8/c1-77(2,3)57-41-49-37-50(42-57)62-22-30-70(86-62)82(15,16)72-32-24-64(88-72)52-39-54(46-59(44-52)79(7,8)9)66-26-34-74(90-66)84(19,20)76-36-28-68(92-76)56-40-55(47-60(48-56)80(10,11)12)67-27-35-75(91-67)83(17,18)73-33-25-65(89-73)53-38-51(43-58(45-53)78(4,5)6)63-23-31-71(87-63)81(13,14)69-29-21-61(49)85-69/h21-48,85-92H,1-20H3. The fourth-order valence-electron chi connectivity index (χ4n) is 13.5. The molecule has 0 radical (unpaired) electrons. The zero-order chi connectivity index (χ0) is 65.6. The number of fused-ring (bicyclic) bond motifs is 32. The molecule has 1 aliphatic rings. The van der Waals surface area contributed by atoms with Gasteiger partial charge in [-0.25, -0.2) is 0 Å². The second-order valence-corrected chi connectivity index (χ2v) is 33.0. The molecule has 0 saturated heterocycles. The largest absolute Gasteiger partial charge is 0.358 e. The molecule has 0 atom stereocenters. The molecule has 0 amide bonds. The Morgan fingerprint density at radius 1 is 0.185 bits per heavy atom. The monoisotopic (exact) mass is 1220 g/mol. The Labute approximate surface area is 546 Å². The summed E-state index contributed by atoms with van der Waals surface area (Å²) >= 11 is 0. The molecule has 9 heterocycles. The first-order chi connectivity index (χ1) is 43.0. The Bertz CT molecular complexity index is 3890. The van der Waals surface area contributed by atoms with Crippen molar-refractivity contribution >= 4 is 0 Å². The third kappa shape index (κ3) is 11.3. The van der Waals surface area contributed by atoms with E-state index in [9.17, 15) is 0 Å². The lowest BCUT2D eigenvalue weighted by molar-refractivity contribution is 0.590. The third-order valence-electron chi connectivity index (χ3n) is 20.6. The molecule has 0 fully saturated rings. The van der Waals surface area contributed by atoms with E-state index in [1.807, 2.05) is 0 Å². The SMILES string of the molecule is CC(C)(C)c1cc2cc(c1)-c1ccc([nH]1)C(C)(C)c1ccc([nH]1)-c1cc(cc(C(C)(C)C)c1)-c1ccc([nH]1)C(C)(C)c1ccc([nH]1)-c1cc(cc(C(C)(C)C)c1)-c1ccc([nH]1)C(C)(C)c1ccc([nH]1)-c1cc(cc(C(C)(C)C)c1)-c1ccc([nH]1)C(C)(C)c1ccc-2[nH]1. The van der Waals surface area contributed by atoms with E-state index in [-0.39, 0.29) is 43.3 Å². The number of benzene rings is 4. The quantitative estimate of drug-likeness (QED) is 0.0737.